The number of fused-ring (bicyclic) bond motifs is 4. The number of aliphatic hydroxyl groups is 1. The van der Waals surface area contributed by atoms with E-state index < -0.39 is 0 Å². The first-order chi connectivity index (χ1) is 17.4. The van der Waals surface area contributed by atoms with Gasteiger partial charge in [0.1, 0.15) is 7.05 Å². The van der Waals surface area contributed by atoms with Crippen LogP contribution in [0.1, 0.15) is 30.2 Å². The Morgan fingerprint density at radius 3 is 2.56 bits per heavy atom. The lowest BCUT2D eigenvalue weighted by Gasteiger charge is -2.23. The number of para-hydroxylation sites is 1. The van der Waals surface area contributed by atoms with Crippen molar-refractivity contribution in [2.75, 3.05) is 19.0 Å². The second kappa shape index (κ2) is 8.52. The van der Waals surface area contributed by atoms with Crippen molar-refractivity contribution < 1.29 is 14.3 Å². The highest BCUT2D eigenvalue weighted by atomic mass is 32.2. The van der Waals surface area contributed by atoms with Crippen LogP contribution in [0.4, 0.5) is 5.69 Å². The van der Waals surface area contributed by atoms with E-state index in [-0.39, 0.29) is 16.7 Å². The molecule has 2 unspecified atom stereocenters. The fraction of sp³-hybridized carbons (Fsp3) is 0.226. The number of nitrogens with zero attached hydrogens (tertiary/aromatic N) is 3. The fourth-order valence-corrected chi connectivity index (χ4v) is 7.18. The van der Waals surface area contributed by atoms with Gasteiger partial charge in [-0.3, -0.25) is 0 Å². The lowest BCUT2D eigenvalue weighted by Crippen LogP contribution is -2.42. The van der Waals surface area contributed by atoms with E-state index in [1.165, 1.54) is 16.9 Å². The quantitative estimate of drug-likeness (QED) is 0.526. The Balaban J connectivity index is 1.43. The molecule has 1 aliphatic carbocycles. The number of anilines is 1. The van der Waals surface area contributed by atoms with Crippen LogP contribution in [-0.4, -0.2) is 46.0 Å². The molecule has 2 atom stereocenters. The van der Waals surface area contributed by atoms with Gasteiger partial charge in [0.2, 0.25) is 0 Å². The van der Waals surface area contributed by atoms with Gasteiger partial charge in [0.05, 0.1) is 0 Å². The Morgan fingerprint density at radius 1 is 1.03 bits per heavy atom. The van der Waals surface area contributed by atoms with E-state index >= 15 is 0 Å². The molecular weight excluding hydrogens is 462 g/mol. The smallest absolute Gasteiger partial charge is 0.360 e. The maximum absolute atomic E-state index is 11.4. The molecule has 4 aliphatic rings. The number of thioether (sulfide) groups is 1. The van der Waals surface area contributed by atoms with Gasteiger partial charge in [-0.25, -0.2) is 0 Å². The summed E-state index contributed by atoms with van der Waals surface area (Å²) in [5, 5.41) is 12.4. The zero-order valence-corrected chi connectivity index (χ0v) is 21.9. The molecule has 3 aliphatic heterocycles. The van der Waals surface area contributed by atoms with Gasteiger partial charge in [-0.05, 0) is 41.1 Å². The molecule has 2 aromatic carbocycles. The summed E-state index contributed by atoms with van der Waals surface area (Å²) in [5.74, 6) is 0.396. The standard InChI is InChI=1S/C31H30N3OS/c1-31(2)22-15-8-9-16-23(22)33(4)27(31)20-12-19-26-30-34(25-18-11-10-17-24(25)32(26)3)29(35)28(36-30)21-13-6-5-7-14-21/h5-20,25,28H,1-4H3/q+1/p+1/b19-12+,27-20+. The van der Waals surface area contributed by atoms with E-state index in [2.05, 4.69) is 121 Å². The molecule has 0 aromatic heterocycles. The molecule has 0 spiro atoms. The van der Waals surface area contributed by atoms with Crippen molar-refractivity contribution in [2.45, 2.75) is 30.6 Å². The van der Waals surface area contributed by atoms with Crippen LogP contribution in [0.2, 0.25) is 0 Å². The zero-order chi connectivity index (χ0) is 25.0. The third kappa shape index (κ3) is 3.37. The van der Waals surface area contributed by atoms with Gasteiger partial charge >= 0.3 is 10.9 Å². The van der Waals surface area contributed by atoms with Crippen LogP contribution < -0.4 is 4.90 Å². The topological polar surface area (TPSA) is 29.5 Å². The highest BCUT2D eigenvalue weighted by Crippen LogP contribution is 2.47. The Kier molecular flexibility index (Phi) is 5.41. The van der Waals surface area contributed by atoms with E-state index in [9.17, 15) is 5.11 Å². The predicted octanol–water partition coefficient (Wildman–Crippen LogP) is 6.07. The molecule has 0 fully saturated rings. The van der Waals surface area contributed by atoms with Crippen LogP contribution in [0.5, 0.6) is 0 Å². The number of likely N-dealkylation sites (N-methyl/N-ethyl adjacent to an activating group) is 2. The molecular formula is C31H31N3OS+2. The van der Waals surface area contributed by atoms with Crippen molar-refractivity contribution in [3.63, 3.8) is 0 Å². The summed E-state index contributed by atoms with van der Waals surface area (Å²) in [7, 11) is 4.27. The molecule has 3 heterocycles. The monoisotopic (exact) mass is 493 g/mol. The van der Waals surface area contributed by atoms with Crippen LogP contribution in [0.15, 0.2) is 114 Å². The summed E-state index contributed by atoms with van der Waals surface area (Å²) in [5.41, 5.74) is 7.16. The molecule has 2 aromatic rings. The summed E-state index contributed by atoms with van der Waals surface area (Å²) in [6.45, 7) is 4.57. The number of benzene rings is 2. The van der Waals surface area contributed by atoms with Gasteiger partial charge in [-0.1, -0.05) is 80.6 Å². The lowest BCUT2D eigenvalue weighted by atomic mass is 9.84. The van der Waals surface area contributed by atoms with Gasteiger partial charge in [0.15, 0.2) is 5.25 Å². The Morgan fingerprint density at radius 2 is 1.78 bits per heavy atom. The number of allylic oxidation sites excluding steroid dienone is 6. The first kappa shape index (κ1) is 22.9. The summed E-state index contributed by atoms with van der Waals surface area (Å²) < 4.78 is 4.36. The van der Waals surface area contributed by atoms with Crippen molar-refractivity contribution in [2.24, 2.45) is 0 Å². The van der Waals surface area contributed by atoms with Gasteiger partial charge in [-0.2, -0.15) is 4.58 Å². The van der Waals surface area contributed by atoms with Crippen LogP contribution >= 0.6 is 11.8 Å². The number of rotatable bonds is 3. The highest BCUT2D eigenvalue weighted by Gasteiger charge is 2.53. The second-order valence-electron chi connectivity index (χ2n) is 10.1. The predicted molar refractivity (Wildman–Crippen MR) is 150 cm³/mol. The molecule has 0 saturated heterocycles. The number of hydrogen-bond acceptors (Lipinski definition) is 2. The minimum atomic E-state index is -0.121. The zero-order valence-electron chi connectivity index (χ0n) is 21.1. The first-order valence-corrected chi connectivity index (χ1v) is 13.3. The number of aliphatic hydroxyl groups excluding tert-OH is 1. The maximum atomic E-state index is 11.4. The van der Waals surface area contributed by atoms with Crippen LogP contribution in [-0.2, 0) is 5.41 Å². The van der Waals surface area contributed by atoms with Crippen LogP contribution in [0, 0.1) is 0 Å². The first-order valence-electron chi connectivity index (χ1n) is 12.4. The molecule has 0 radical (unpaired) electrons. The normalized spacial score (nSPS) is 25.3. The lowest BCUT2D eigenvalue weighted by molar-refractivity contribution is -0.540. The molecule has 4 nitrogen and oxygen atoms in total. The van der Waals surface area contributed by atoms with Gasteiger partial charge < -0.3 is 10.0 Å². The minimum Gasteiger partial charge on any atom is -0.462 e. The van der Waals surface area contributed by atoms with Gasteiger partial charge in [-0.15, -0.1) is 4.58 Å². The molecule has 36 heavy (non-hydrogen) atoms. The Bertz CT molecular complexity index is 1470. The van der Waals surface area contributed by atoms with Crippen molar-refractivity contribution in [1.29, 1.82) is 0 Å². The largest absolute Gasteiger partial charge is 0.462 e. The van der Waals surface area contributed by atoms with Crippen LogP contribution in [0.3, 0.4) is 0 Å². The van der Waals surface area contributed by atoms with Gasteiger partial charge in [0.25, 0.3) is 17.5 Å². The third-order valence-electron chi connectivity index (χ3n) is 7.70. The number of hydrogen-bond donors (Lipinski definition) is 1. The molecule has 0 saturated carbocycles. The fourth-order valence-electron chi connectivity index (χ4n) is 5.80. The third-order valence-corrected chi connectivity index (χ3v) is 9.05. The van der Waals surface area contributed by atoms with Crippen LogP contribution in [0.25, 0.3) is 0 Å². The summed E-state index contributed by atoms with van der Waals surface area (Å²) >= 11 is 1.72. The minimum absolute atomic E-state index is 0.0129. The van der Waals surface area contributed by atoms with E-state index in [4.69, 9.17) is 0 Å². The molecule has 6 rings (SSSR count). The van der Waals surface area contributed by atoms with Crippen molar-refractivity contribution in [1.82, 2.24) is 0 Å². The highest BCUT2D eigenvalue weighted by molar-refractivity contribution is 8.04. The summed E-state index contributed by atoms with van der Waals surface area (Å²) in [6, 6.07) is 18.9. The van der Waals surface area contributed by atoms with E-state index in [1.807, 2.05) is 18.2 Å². The van der Waals surface area contributed by atoms with E-state index in [1.54, 1.807) is 11.8 Å². The molecule has 5 heteroatoms. The SMILES string of the molecule is CN1/C(=C/C=C/C2=C3SC(c4ccccc4)C(O)=[N+]3C3C=CC=CC3=[N+]2C)C(C)(C)c2ccccc21. The van der Waals surface area contributed by atoms with Crippen molar-refractivity contribution >= 4 is 29.1 Å². The van der Waals surface area contributed by atoms with Crippen molar-refractivity contribution in [3.8, 4) is 0 Å². The Hall–Kier alpha value is -3.57. The maximum Gasteiger partial charge on any atom is 0.360 e. The summed E-state index contributed by atoms with van der Waals surface area (Å²) in [4.78, 5) is 2.29. The van der Waals surface area contributed by atoms with Crippen molar-refractivity contribution in [3.05, 3.63) is 125 Å². The second-order valence-corrected chi connectivity index (χ2v) is 11.2. The van der Waals surface area contributed by atoms with Gasteiger partial charge in [0, 0.05) is 36.0 Å². The summed E-state index contributed by atoms with van der Waals surface area (Å²) in [6.07, 6.45) is 15.0. The average Bonchev–Trinajstić information content (AvgIpc) is 3.34. The van der Waals surface area contributed by atoms with E-state index in [0.29, 0.717) is 5.90 Å². The molecule has 180 valence electrons. The molecule has 0 amide bonds. The average molecular weight is 494 g/mol. The molecule has 0 bridgehead atoms. The van der Waals surface area contributed by atoms with E-state index in [0.717, 1.165) is 22.0 Å². The Labute approximate surface area is 217 Å². The molecule has 1 N–H and O–H groups in total.